The molecule has 1 aromatic carbocycles. The highest BCUT2D eigenvalue weighted by Crippen LogP contribution is 2.30. The van der Waals surface area contributed by atoms with E-state index in [0.717, 1.165) is 6.26 Å². The van der Waals surface area contributed by atoms with Gasteiger partial charge < -0.3 is 15.4 Å². The van der Waals surface area contributed by atoms with E-state index < -0.39 is 28.9 Å². The van der Waals surface area contributed by atoms with Crippen LogP contribution in [0, 0.1) is 0 Å². The van der Waals surface area contributed by atoms with Gasteiger partial charge >= 0.3 is 7.12 Å². The van der Waals surface area contributed by atoms with Crippen molar-refractivity contribution in [2.24, 2.45) is 0 Å². The average Bonchev–Trinajstić information content (AvgIpc) is 2.52. The molecule has 0 aromatic heterocycles. The lowest BCUT2D eigenvalue weighted by molar-refractivity contribution is 0.0958. The Morgan fingerprint density at radius 2 is 1.94 bits per heavy atom. The van der Waals surface area contributed by atoms with E-state index in [4.69, 9.17) is 10.0 Å². The third-order valence-electron chi connectivity index (χ3n) is 2.89. The van der Waals surface area contributed by atoms with Crippen molar-refractivity contribution in [3.05, 3.63) is 23.3 Å². The minimum Gasteiger partial charge on any atom is -0.423 e. The van der Waals surface area contributed by atoms with Gasteiger partial charge in [0, 0.05) is 17.4 Å². The highest BCUT2D eigenvalue weighted by molar-refractivity contribution is 7.90. The zero-order valence-corrected chi connectivity index (χ0v) is 10.7. The lowest BCUT2D eigenvalue weighted by Gasteiger charge is -2.11. The fraction of sp³-hybridized carbons (Fsp3) is 0.300. The maximum Gasteiger partial charge on any atom is 0.488 e. The van der Waals surface area contributed by atoms with Crippen molar-refractivity contribution in [2.45, 2.75) is 17.9 Å². The number of carbonyl (C=O) groups is 1. The first-order chi connectivity index (χ1) is 8.21. The van der Waals surface area contributed by atoms with Crippen molar-refractivity contribution in [2.75, 3.05) is 6.26 Å². The van der Waals surface area contributed by atoms with Crippen LogP contribution in [-0.4, -0.2) is 37.7 Å². The number of sulfone groups is 1. The zero-order valence-electron chi connectivity index (χ0n) is 9.84. The smallest absolute Gasteiger partial charge is 0.423 e. The van der Waals surface area contributed by atoms with E-state index in [1.807, 2.05) is 0 Å². The van der Waals surface area contributed by atoms with E-state index >= 15 is 0 Å². The van der Waals surface area contributed by atoms with Gasteiger partial charge in [-0.3, -0.25) is 4.79 Å². The van der Waals surface area contributed by atoms with Crippen LogP contribution in [0.25, 0.3) is 0 Å². The van der Waals surface area contributed by atoms with Crippen LogP contribution in [0.2, 0.25) is 0 Å². The van der Waals surface area contributed by atoms with Gasteiger partial charge in [-0.25, -0.2) is 8.42 Å². The number of rotatable bonds is 2. The first-order valence-corrected chi connectivity index (χ1v) is 7.16. The van der Waals surface area contributed by atoms with E-state index in [9.17, 15) is 13.2 Å². The maximum atomic E-state index is 11.7. The zero-order chi connectivity index (χ0) is 13.7. The fourth-order valence-electron chi connectivity index (χ4n) is 2.08. The Morgan fingerprint density at radius 3 is 2.44 bits per heavy atom. The van der Waals surface area contributed by atoms with Gasteiger partial charge in [0.2, 0.25) is 0 Å². The third kappa shape index (κ3) is 2.02. The summed E-state index contributed by atoms with van der Waals surface area (Å²) in [5.74, 6) is -0.412. The Hall–Kier alpha value is -1.38. The van der Waals surface area contributed by atoms with Crippen LogP contribution in [0.4, 0.5) is 0 Å². The van der Waals surface area contributed by atoms with Crippen LogP contribution in [0.15, 0.2) is 17.0 Å². The molecular weight excluding hydrogens is 257 g/mol. The van der Waals surface area contributed by atoms with Crippen molar-refractivity contribution in [3.63, 3.8) is 0 Å². The molecule has 0 radical (unpaired) electrons. The summed E-state index contributed by atoms with van der Waals surface area (Å²) in [4.78, 5) is 11.6. The number of benzene rings is 1. The van der Waals surface area contributed by atoms with Crippen LogP contribution in [-0.2, 0) is 9.84 Å². The third-order valence-corrected chi connectivity index (χ3v) is 4.02. The molecule has 1 aromatic rings. The SMILES string of the molecule is CC1NC(=O)c2cc(B(O)O)cc(S(C)(=O)=O)c21. The van der Waals surface area contributed by atoms with Gasteiger partial charge in [0.25, 0.3) is 5.91 Å². The van der Waals surface area contributed by atoms with Crippen molar-refractivity contribution in [1.82, 2.24) is 5.32 Å². The van der Waals surface area contributed by atoms with Gasteiger partial charge in [0.15, 0.2) is 9.84 Å². The summed E-state index contributed by atoms with van der Waals surface area (Å²) in [7, 11) is -5.37. The number of hydrogen-bond acceptors (Lipinski definition) is 5. The molecule has 2 rings (SSSR count). The number of amides is 1. The summed E-state index contributed by atoms with van der Waals surface area (Å²) in [5, 5.41) is 20.8. The van der Waals surface area contributed by atoms with Crippen molar-refractivity contribution < 1.29 is 23.3 Å². The average molecular weight is 269 g/mol. The van der Waals surface area contributed by atoms with Gasteiger partial charge in [-0.05, 0) is 24.5 Å². The largest absolute Gasteiger partial charge is 0.488 e. The topological polar surface area (TPSA) is 104 Å². The molecule has 1 aliphatic heterocycles. The Balaban J connectivity index is 2.81. The van der Waals surface area contributed by atoms with E-state index in [1.165, 1.54) is 12.1 Å². The second kappa shape index (κ2) is 4.08. The molecule has 1 atom stereocenters. The number of carbonyl (C=O) groups excluding carboxylic acids is 1. The molecular formula is C10H12BNO5S. The molecule has 96 valence electrons. The summed E-state index contributed by atoms with van der Waals surface area (Å²) >= 11 is 0. The molecule has 18 heavy (non-hydrogen) atoms. The molecule has 1 aliphatic rings. The van der Waals surface area contributed by atoms with Gasteiger partial charge in [-0.2, -0.15) is 0 Å². The Labute approximate surface area is 105 Å². The van der Waals surface area contributed by atoms with Crippen LogP contribution >= 0.6 is 0 Å². The number of fused-ring (bicyclic) bond motifs is 1. The molecule has 1 heterocycles. The molecule has 3 N–H and O–H groups in total. The van der Waals surface area contributed by atoms with Crippen molar-refractivity contribution in [3.8, 4) is 0 Å². The maximum absolute atomic E-state index is 11.7. The lowest BCUT2D eigenvalue weighted by atomic mass is 9.78. The number of hydrogen-bond donors (Lipinski definition) is 3. The quantitative estimate of drug-likeness (QED) is 0.571. The van der Waals surface area contributed by atoms with E-state index in [2.05, 4.69) is 5.32 Å². The van der Waals surface area contributed by atoms with Crippen LogP contribution in [0.5, 0.6) is 0 Å². The summed E-state index contributed by atoms with van der Waals surface area (Å²) in [6, 6.07) is 2.07. The molecule has 6 nitrogen and oxygen atoms in total. The Morgan fingerprint density at radius 1 is 1.33 bits per heavy atom. The Kier molecular flexibility index (Phi) is 2.96. The minimum atomic E-state index is -3.55. The summed E-state index contributed by atoms with van der Waals surface area (Å²) < 4.78 is 23.4. The second-order valence-electron chi connectivity index (χ2n) is 4.32. The fourth-order valence-corrected chi connectivity index (χ4v) is 3.12. The van der Waals surface area contributed by atoms with Gasteiger partial charge in [-0.15, -0.1) is 0 Å². The van der Waals surface area contributed by atoms with Gasteiger partial charge in [0.05, 0.1) is 10.9 Å². The Bertz CT molecular complexity index is 625. The van der Waals surface area contributed by atoms with Crippen LogP contribution < -0.4 is 10.8 Å². The van der Waals surface area contributed by atoms with Crippen LogP contribution in [0.3, 0.4) is 0 Å². The van der Waals surface area contributed by atoms with E-state index in [-0.39, 0.29) is 15.9 Å². The molecule has 0 spiro atoms. The first kappa shape index (κ1) is 13.1. The molecule has 0 bridgehead atoms. The van der Waals surface area contributed by atoms with Crippen molar-refractivity contribution in [1.29, 1.82) is 0 Å². The molecule has 1 amide bonds. The molecule has 0 saturated carbocycles. The molecule has 0 saturated heterocycles. The highest BCUT2D eigenvalue weighted by atomic mass is 32.2. The summed E-state index contributed by atoms with van der Waals surface area (Å²) in [6.07, 6.45) is 1.02. The lowest BCUT2D eigenvalue weighted by Crippen LogP contribution is -2.31. The monoisotopic (exact) mass is 269 g/mol. The van der Waals surface area contributed by atoms with Gasteiger partial charge in [0.1, 0.15) is 0 Å². The number of nitrogens with one attached hydrogen (secondary N) is 1. The molecule has 8 heteroatoms. The first-order valence-electron chi connectivity index (χ1n) is 5.26. The predicted octanol–water partition coefficient (Wildman–Crippen LogP) is -1.43. The highest BCUT2D eigenvalue weighted by Gasteiger charge is 2.33. The molecule has 0 aliphatic carbocycles. The second-order valence-corrected chi connectivity index (χ2v) is 6.31. The van der Waals surface area contributed by atoms with Gasteiger partial charge in [-0.1, -0.05) is 0 Å². The van der Waals surface area contributed by atoms with E-state index in [1.54, 1.807) is 6.92 Å². The van der Waals surface area contributed by atoms with Crippen molar-refractivity contribution >= 4 is 28.3 Å². The van der Waals surface area contributed by atoms with E-state index in [0.29, 0.717) is 5.56 Å². The standard InChI is InChI=1S/C10H12BNO5S/c1-5-9-7(10(13)12-5)3-6(11(14)15)4-8(9)18(2,16)17/h3-5,14-15H,1-2H3,(H,12,13). The molecule has 0 fully saturated rings. The van der Waals surface area contributed by atoms with Crippen LogP contribution in [0.1, 0.15) is 28.9 Å². The summed E-state index contributed by atoms with van der Waals surface area (Å²) in [5.41, 5.74) is 0.541. The predicted molar refractivity (Wildman–Crippen MR) is 65.3 cm³/mol. The minimum absolute atomic E-state index is 0.0153. The normalized spacial score (nSPS) is 18.4. The molecule has 1 unspecified atom stereocenters. The summed E-state index contributed by atoms with van der Waals surface area (Å²) in [6.45, 7) is 1.67.